The van der Waals surface area contributed by atoms with Crippen LogP contribution in [-0.4, -0.2) is 0 Å². The smallest absolute Gasteiger partial charge is 0.131 e. The molecule has 106 valence electrons. The van der Waals surface area contributed by atoms with Crippen LogP contribution in [0.15, 0.2) is 59.1 Å². The fraction of sp³-hybridized carbons (Fsp3) is 0.0588. The first-order valence-corrected chi connectivity index (χ1v) is 8.40. The molecule has 0 bridgehead atoms. The highest BCUT2D eigenvalue weighted by Gasteiger charge is 2.09. The SMILES string of the molecule is Fc1ccccc1-c1ccc(Cc2cc(Br)ccc2Cl)s1. The van der Waals surface area contributed by atoms with Crippen LogP contribution in [0.25, 0.3) is 10.4 Å². The molecule has 0 unspecified atom stereocenters. The second kappa shape index (κ2) is 6.30. The van der Waals surface area contributed by atoms with Gasteiger partial charge in [-0.3, -0.25) is 0 Å². The highest BCUT2D eigenvalue weighted by atomic mass is 79.9. The Morgan fingerprint density at radius 1 is 1.05 bits per heavy atom. The molecular weight excluding hydrogens is 371 g/mol. The van der Waals surface area contributed by atoms with E-state index in [1.54, 1.807) is 23.5 Å². The Bertz CT molecular complexity index is 782. The summed E-state index contributed by atoms with van der Waals surface area (Å²) in [6.07, 6.45) is 0.747. The zero-order valence-corrected chi connectivity index (χ0v) is 14.1. The Morgan fingerprint density at radius 3 is 2.67 bits per heavy atom. The topological polar surface area (TPSA) is 0 Å². The normalized spacial score (nSPS) is 10.8. The van der Waals surface area contributed by atoms with Crippen LogP contribution < -0.4 is 0 Å². The molecule has 21 heavy (non-hydrogen) atoms. The van der Waals surface area contributed by atoms with Crippen molar-refractivity contribution in [2.45, 2.75) is 6.42 Å². The summed E-state index contributed by atoms with van der Waals surface area (Å²) in [5, 5.41) is 0.749. The van der Waals surface area contributed by atoms with Gasteiger partial charge in [0.25, 0.3) is 0 Å². The molecule has 0 amide bonds. The van der Waals surface area contributed by atoms with Crippen LogP contribution in [0.4, 0.5) is 4.39 Å². The standard InChI is InChI=1S/C17H11BrClFS/c18-12-5-7-15(19)11(9-12)10-13-6-8-17(21-13)14-3-1-2-4-16(14)20/h1-9H,10H2. The van der Waals surface area contributed by atoms with Gasteiger partial charge in [-0.25, -0.2) is 4.39 Å². The van der Waals surface area contributed by atoms with Crippen LogP contribution >= 0.6 is 38.9 Å². The van der Waals surface area contributed by atoms with E-state index in [0.717, 1.165) is 31.2 Å². The molecule has 3 rings (SSSR count). The molecule has 0 saturated heterocycles. The predicted octanol–water partition coefficient (Wildman–Crippen LogP) is 6.56. The highest BCUT2D eigenvalue weighted by Crippen LogP contribution is 2.32. The summed E-state index contributed by atoms with van der Waals surface area (Å²) >= 11 is 11.3. The third-order valence-corrected chi connectivity index (χ3v) is 5.15. The van der Waals surface area contributed by atoms with Gasteiger partial charge in [-0.05, 0) is 42.0 Å². The summed E-state index contributed by atoms with van der Waals surface area (Å²) < 4.78 is 14.8. The third-order valence-electron chi connectivity index (χ3n) is 3.17. The molecule has 0 spiro atoms. The molecule has 0 nitrogen and oxygen atoms in total. The Balaban J connectivity index is 1.89. The van der Waals surface area contributed by atoms with Crippen molar-refractivity contribution in [3.05, 3.63) is 80.4 Å². The van der Waals surface area contributed by atoms with Gasteiger partial charge in [-0.15, -0.1) is 11.3 Å². The second-order valence-corrected chi connectivity index (χ2v) is 7.15. The predicted molar refractivity (Wildman–Crippen MR) is 91.7 cm³/mol. The van der Waals surface area contributed by atoms with Crippen LogP contribution in [0.1, 0.15) is 10.4 Å². The molecule has 0 aliphatic rings. The van der Waals surface area contributed by atoms with E-state index in [9.17, 15) is 4.39 Å². The van der Waals surface area contributed by atoms with Crippen molar-refractivity contribution in [2.24, 2.45) is 0 Å². The summed E-state index contributed by atoms with van der Waals surface area (Å²) in [5.41, 5.74) is 1.71. The van der Waals surface area contributed by atoms with E-state index in [1.165, 1.54) is 6.07 Å². The van der Waals surface area contributed by atoms with Gasteiger partial charge in [0, 0.05) is 31.2 Å². The first-order chi connectivity index (χ1) is 10.1. The number of rotatable bonds is 3. The molecule has 0 radical (unpaired) electrons. The zero-order valence-electron chi connectivity index (χ0n) is 10.9. The maximum Gasteiger partial charge on any atom is 0.131 e. The van der Waals surface area contributed by atoms with E-state index in [2.05, 4.69) is 15.9 Å². The third kappa shape index (κ3) is 3.37. The first kappa shape index (κ1) is 14.8. The van der Waals surface area contributed by atoms with E-state index < -0.39 is 0 Å². The van der Waals surface area contributed by atoms with E-state index >= 15 is 0 Å². The molecule has 0 aliphatic heterocycles. The number of halogens is 3. The quantitative estimate of drug-likeness (QED) is 0.482. The van der Waals surface area contributed by atoms with Gasteiger partial charge in [0.15, 0.2) is 0 Å². The molecule has 1 aromatic heterocycles. The lowest BCUT2D eigenvalue weighted by Gasteiger charge is -2.03. The van der Waals surface area contributed by atoms with Gasteiger partial charge in [0.1, 0.15) is 5.82 Å². The van der Waals surface area contributed by atoms with E-state index in [1.807, 2.05) is 36.4 Å². The highest BCUT2D eigenvalue weighted by molar-refractivity contribution is 9.10. The molecule has 1 heterocycles. The van der Waals surface area contributed by atoms with Gasteiger partial charge in [0.05, 0.1) is 0 Å². The van der Waals surface area contributed by atoms with Crippen molar-refractivity contribution >= 4 is 38.9 Å². The van der Waals surface area contributed by atoms with Crippen molar-refractivity contribution in [3.63, 3.8) is 0 Å². The van der Waals surface area contributed by atoms with Crippen LogP contribution in [0.3, 0.4) is 0 Å². The largest absolute Gasteiger partial charge is 0.206 e. The average molecular weight is 382 g/mol. The molecule has 0 N–H and O–H groups in total. The maximum atomic E-state index is 13.8. The summed E-state index contributed by atoms with van der Waals surface area (Å²) in [7, 11) is 0. The lowest BCUT2D eigenvalue weighted by Crippen LogP contribution is -1.86. The fourth-order valence-corrected chi connectivity index (χ4v) is 3.80. The number of hydrogen-bond donors (Lipinski definition) is 0. The number of thiophene rings is 1. The zero-order chi connectivity index (χ0) is 14.8. The van der Waals surface area contributed by atoms with Crippen LogP contribution in [0, 0.1) is 5.82 Å². The minimum absolute atomic E-state index is 0.189. The molecule has 0 aliphatic carbocycles. The van der Waals surface area contributed by atoms with Crippen molar-refractivity contribution in [2.75, 3.05) is 0 Å². The molecule has 0 atom stereocenters. The van der Waals surface area contributed by atoms with Gasteiger partial charge in [-0.1, -0.05) is 45.7 Å². The van der Waals surface area contributed by atoms with Gasteiger partial charge in [0.2, 0.25) is 0 Å². The molecule has 0 saturated carbocycles. The lowest BCUT2D eigenvalue weighted by molar-refractivity contribution is 0.631. The fourth-order valence-electron chi connectivity index (χ4n) is 2.15. The summed E-state index contributed by atoms with van der Waals surface area (Å²) in [6.45, 7) is 0. The molecule has 0 fully saturated rings. The second-order valence-electron chi connectivity index (χ2n) is 4.66. The van der Waals surface area contributed by atoms with E-state index in [-0.39, 0.29) is 5.82 Å². The summed E-state index contributed by atoms with van der Waals surface area (Å²) in [5.74, 6) is -0.189. The van der Waals surface area contributed by atoms with E-state index in [4.69, 9.17) is 11.6 Å². The van der Waals surface area contributed by atoms with Crippen LogP contribution in [-0.2, 0) is 6.42 Å². The van der Waals surface area contributed by atoms with Crippen LogP contribution in [0.5, 0.6) is 0 Å². The van der Waals surface area contributed by atoms with Crippen molar-refractivity contribution < 1.29 is 4.39 Å². The number of hydrogen-bond acceptors (Lipinski definition) is 1. The van der Waals surface area contributed by atoms with Crippen molar-refractivity contribution in [1.29, 1.82) is 0 Å². The Hall–Kier alpha value is -1.16. The molecule has 2 aromatic carbocycles. The van der Waals surface area contributed by atoms with Gasteiger partial charge in [-0.2, -0.15) is 0 Å². The Morgan fingerprint density at radius 2 is 1.86 bits per heavy atom. The van der Waals surface area contributed by atoms with Crippen molar-refractivity contribution in [3.8, 4) is 10.4 Å². The minimum Gasteiger partial charge on any atom is -0.206 e. The molecular formula is C17H11BrClFS. The monoisotopic (exact) mass is 380 g/mol. The van der Waals surface area contributed by atoms with Gasteiger partial charge < -0.3 is 0 Å². The average Bonchev–Trinajstić information content (AvgIpc) is 2.92. The first-order valence-electron chi connectivity index (χ1n) is 6.41. The number of benzene rings is 2. The lowest BCUT2D eigenvalue weighted by atomic mass is 10.1. The summed E-state index contributed by atoms with van der Waals surface area (Å²) in [6, 6.07) is 16.7. The van der Waals surface area contributed by atoms with Crippen LogP contribution in [0.2, 0.25) is 5.02 Å². The van der Waals surface area contributed by atoms with E-state index in [0.29, 0.717) is 5.56 Å². The van der Waals surface area contributed by atoms with Crippen molar-refractivity contribution in [1.82, 2.24) is 0 Å². The minimum atomic E-state index is -0.189. The Kier molecular flexibility index (Phi) is 4.43. The summed E-state index contributed by atoms with van der Waals surface area (Å²) in [4.78, 5) is 2.10. The Labute approximate surface area is 140 Å². The molecule has 3 aromatic rings. The molecule has 4 heteroatoms. The maximum absolute atomic E-state index is 13.8. The van der Waals surface area contributed by atoms with Gasteiger partial charge >= 0.3 is 0 Å².